The Labute approximate surface area is 203 Å². The zero-order chi connectivity index (χ0) is 24.8. The molecule has 1 aromatic rings. The highest BCUT2D eigenvalue weighted by molar-refractivity contribution is 5.92. The second-order valence-electron chi connectivity index (χ2n) is 10.4. The van der Waals surface area contributed by atoms with Crippen LogP contribution in [-0.4, -0.2) is 62.4 Å². The Kier molecular flexibility index (Phi) is 8.95. The summed E-state index contributed by atoms with van der Waals surface area (Å²) in [5, 5.41) is 14.2. The van der Waals surface area contributed by atoms with Gasteiger partial charge in [0.2, 0.25) is 5.91 Å². The first kappa shape index (κ1) is 26.4. The van der Waals surface area contributed by atoms with Crippen molar-refractivity contribution in [2.45, 2.75) is 69.5 Å². The van der Waals surface area contributed by atoms with Crippen molar-refractivity contribution in [1.82, 2.24) is 10.2 Å². The Balaban J connectivity index is 1.65. The van der Waals surface area contributed by atoms with Gasteiger partial charge in [0.1, 0.15) is 11.9 Å². The molecule has 0 aliphatic heterocycles. The molecule has 190 valence electrons. The van der Waals surface area contributed by atoms with Crippen LogP contribution < -0.4 is 15.8 Å². The number of methoxy groups -OCH3 is 1. The quantitative estimate of drug-likeness (QED) is 0.529. The molecule has 0 heterocycles. The van der Waals surface area contributed by atoms with Crippen molar-refractivity contribution in [1.29, 1.82) is 0 Å². The summed E-state index contributed by atoms with van der Waals surface area (Å²) in [6.07, 6.45) is 5.67. The molecule has 4 N–H and O–H groups in total. The van der Waals surface area contributed by atoms with Gasteiger partial charge in [-0.25, -0.2) is 4.79 Å². The van der Waals surface area contributed by atoms with Crippen molar-refractivity contribution in [2.75, 3.05) is 34.3 Å². The summed E-state index contributed by atoms with van der Waals surface area (Å²) in [5.41, 5.74) is 5.32. The van der Waals surface area contributed by atoms with E-state index in [4.69, 9.17) is 15.2 Å². The molecule has 8 heteroatoms. The van der Waals surface area contributed by atoms with Crippen LogP contribution in [0.1, 0.15) is 63.4 Å². The van der Waals surface area contributed by atoms with Crippen LogP contribution in [0.5, 0.6) is 5.75 Å². The number of nitrogens with two attached hydrogens (primary N) is 1. The van der Waals surface area contributed by atoms with Crippen molar-refractivity contribution in [3.8, 4) is 5.75 Å². The van der Waals surface area contributed by atoms with Crippen molar-refractivity contribution < 1.29 is 24.2 Å². The highest BCUT2D eigenvalue weighted by Crippen LogP contribution is 2.44. The Morgan fingerprint density at radius 3 is 2.59 bits per heavy atom. The zero-order valence-electron chi connectivity index (χ0n) is 20.8. The lowest BCUT2D eigenvalue weighted by molar-refractivity contribution is -0.124. The molecule has 0 saturated heterocycles. The van der Waals surface area contributed by atoms with Gasteiger partial charge in [-0.1, -0.05) is 31.4 Å². The fraction of sp³-hybridized carbons (Fsp3) is 0.692. The average Bonchev–Trinajstić information content (AvgIpc) is 2.81. The maximum absolute atomic E-state index is 12.6. The molecule has 2 aliphatic rings. The van der Waals surface area contributed by atoms with E-state index >= 15 is 0 Å². The van der Waals surface area contributed by atoms with Crippen LogP contribution in [0, 0.1) is 11.3 Å². The minimum absolute atomic E-state index is 0.0325. The van der Waals surface area contributed by atoms with Gasteiger partial charge in [-0.15, -0.1) is 0 Å². The summed E-state index contributed by atoms with van der Waals surface area (Å²) in [6, 6.07) is 7.41. The predicted octanol–water partition coefficient (Wildman–Crippen LogP) is 3.17. The Morgan fingerprint density at radius 2 is 1.94 bits per heavy atom. The summed E-state index contributed by atoms with van der Waals surface area (Å²) in [5.74, 6) is 0.286. The molecule has 0 radical (unpaired) electrons. The number of rotatable bonds is 8. The van der Waals surface area contributed by atoms with Crippen LogP contribution in [0.15, 0.2) is 24.3 Å². The van der Waals surface area contributed by atoms with Crippen LogP contribution in [0.3, 0.4) is 0 Å². The van der Waals surface area contributed by atoms with E-state index in [0.717, 1.165) is 37.7 Å². The molecule has 3 atom stereocenters. The SMILES string of the molecule is COc1cccc(C2(O)CC(OC(=O)NC(=O)CC3(CN)CCCCC3)CCC2CN(C)C)c1. The second kappa shape index (κ2) is 11.5. The lowest BCUT2D eigenvalue weighted by Gasteiger charge is -2.44. The van der Waals surface area contributed by atoms with Gasteiger partial charge in [-0.05, 0) is 69.4 Å². The zero-order valence-corrected chi connectivity index (χ0v) is 20.8. The minimum Gasteiger partial charge on any atom is -0.497 e. The van der Waals surface area contributed by atoms with Crippen molar-refractivity contribution in [2.24, 2.45) is 17.1 Å². The van der Waals surface area contributed by atoms with Crippen LogP contribution >= 0.6 is 0 Å². The molecule has 8 nitrogen and oxygen atoms in total. The molecule has 34 heavy (non-hydrogen) atoms. The molecule has 2 aliphatic carbocycles. The minimum atomic E-state index is -1.18. The molecule has 0 bridgehead atoms. The van der Waals surface area contributed by atoms with E-state index in [9.17, 15) is 14.7 Å². The molecule has 0 spiro atoms. The topological polar surface area (TPSA) is 114 Å². The predicted molar refractivity (Wildman–Crippen MR) is 130 cm³/mol. The summed E-state index contributed by atoms with van der Waals surface area (Å²) in [4.78, 5) is 27.2. The number of carbonyl (C=O) groups is 2. The van der Waals surface area contributed by atoms with Gasteiger partial charge >= 0.3 is 6.09 Å². The molecule has 3 unspecified atom stereocenters. The first-order valence-electron chi connectivity index (χ1n) is 12.4. The molecule has 2 saturated carbocycles. The molecule has 3 rings (SSSR count). The summed E-state index contributed by atoms with van der Waals surface area (Å²) >= 11 is 0. The molecular weight excluding hydrogens is 434 g/mol. The van der Waals surface area contributed by atoms with Gasteiger partial charge < -0.3 is 25.2 Å². The highest BCUT2D eigenvalue weighted by Gasteiger charge is 2.45. The van der Waals surface area contributed by atoms with Gasteiger partial charge in [0.25, 0.3) is 0 Å². The molecule has 0 aromatic heterocycles. The van der Waals surface area contributed by atoms with Crippen molar-refractivity contribution in [3.05, 3.63) is 29.8 Å². The first-order valence-corrected chi connectivity index (χ1v) is 12.4. The normalized spacial score (nSPS) is 26.6. The van der Waals surface area contributed by atoms with Crippen LogP contribution in [0.25, 0.3) is 0 Å². The monoisotopic (exact) mass is 475 g/mol. The third kappa shape index (κ3) is 6.49. The number of aliphatic hydroxyl groups is 1. The maximum atomic E-state index is 12.6. The maximum Gasteiger partial charge on any atom is 0.414 e. The van der Waals surface area contributed by atoms with Gasteiger partial charge in [0.05, 0.1) is 12.7 Å². The van der Waals surface area contributed by atoms with Crippen molar-refractivity contribution >= 4 is 12.0 Å². The largest absolute Gasteiger partial charge is 0.497 e. The molecular formula is C26H41N3O5. The van der Waals surface area contributed by atoms with Crippen LogP contribution in [0.2, 0.25) is 0 Å². The van der Waals surface area contributed by atoms with E-state index in [-0.39, 0.29) is 30.1 Å². The number of amides is 2. The summed E-state index contributed by atoms with van der Waals surface area (Å²) < 4.78 is 11.0. The third-order valence-electron chi connectivity index (χ3n) is 7.60. The number of alkyl carbamates (subject to hydrolysis) is 1. The molecule has 2 amide bonds. The number of hydrogen-bond acceptors (Lipinski definition) is 7. The lowest BCUT2D eigenvalue weighted by atomic mass is 9.70. The van der Waals surface area contributed by atoms with E-state index in [2.05, 4.69) is 10.2 Å². The first-order chi connectivity index (χ1) is 16.2. The van der Waals surface area contributed by atoms with Crippen LogP contribution in [-0.2, 0) is 15.1 Å². The summed E-state index contributed by atoms with van der Waals surface area (Å²) in [7, 11) is 5.55. The average molecular weight is 476 g/mol. The Hall–Kier alpha value is -2.16. The molecule has 1 aromatic carbocycles. The fourth-order valence-corrected chi connectivity index (χ4v) is 5.71. The van der Waals surface area contributed by atoms with E-state index < -0.39 is 17.8 Å². The van der Waals surface area contributed by atoms with E-state index in [1.165, 1.54) is 0 Å². The summed E-state index contributed by atoms with van der Waals surface area (Å²) in [6.45, 7) is 1.14. The lowest BCUT2D eigenvalue weighted by Crippen LogP contribution is -2.48. The van der Waals surface area contributed by atoms with Crippen molar-refractivity contribution in [3.63, 3.8) is 0 Å². The number of nitrogens with zero attached hydrogens (tertiary/aromatic N) is 1. The van der Waals surface area contributed by atoms with Gasteiger partial charge in [-0.2, -0.15) is 0 Å². The van der Waals surface area contributed by atoms with E-state index in [1.54, 1.807) is 7.11 Å². The van der Waals surface area contributed by atoms with Gasteiger partial charge in [-0.3, -0.25) is 10.1 Å². The standard InChI is InChI=1S/C26H41N3O5/c1-29(2)17-20-10-11-22(15-26(20,32)19-8-7-9-21(14-19)33-3)34-24(31)28-23(30)16-25(18-27)12-5-4-6-13-25/h7-9,14,20,22,32H,4-6,10-13,15-18,27H2,1-3H3,(H,28,30,31). The number of nitrogens with one attached hydrogen (secondary N) is 1. The van der Waals surface area contributed by atoms with Gasteiger partial charge in [0.15, 0.2) is 0 Å². The van der Waals surface area contributed by atoms with Crippen LogP contribution in [0.4, 0.5) is 4.79 Å². The van der Waals surface area contributed by atoms with E-state index in [0.29, 0.717) is 31.7 Å². The number of hydrogen-bond donors (Lipinski definition) is 3. The van der Waals surface area contributed by atoms with E-state index in [1.807, 2.05) is 38.4 Å². The Morgan fingerprint density at radius 1 is 1.21 bits per heavy atom. The highest BCUT2D eigenvalue weighted by atomic mass is 16.6. The third-order valence-corrected chi connectivity index (χ3v) is 7.60. The number of imide groups is 1. The number of benzene rings is 1. The van der Waals surface area contributed by atoms with Gasteiger partial charge in [0, 0.05) is 25.3 Å². The molecule has 2 fully saturated rings. The fourth-order valence-electron chi connectivity index (χ4n) is 5.71. The number of carbonyl (C=O) groups excluding carboxylic acids is 2. The second-order valence-corrected chi connectivity index (χ2v) is 10.4. The smallest absolute Gasteiger partial charge is 0.414 e. The Bertz CT molecular complexity index is 839. The number of ether oxygens (including phenoxy) is 2.